The summed E-state index contributed by atoms with van der Waals surface area (Å²) < 4.78 is 13.4. The van der Waals surface area contributed by atoms with Crippen LogP contribution in [0.15, 0.2) is 29.4 Å². The van der Waals surface area contributed by atoms with E-state index in [9.17, 15) is 4.79 Å². The molecule has 0 radical (unpaired) electrons. The average Bonchev–Trinajstić information content (AvgIpc) is 3.18. The molecular formula is C23H34N4O3S. The van der Waals surface area contributed by atoms with Gasteiger partial charge in [-0.2, -0.15) is 0 Å². The first kappa shape index (κ1) is 23.4. The molecule has 1 aromatic carbocycles. The van der Waals surface area contributed by atoms with Crippen LogP contribution in [0, 0.1) is 5.92 Å². The van der Waals surface area contributed by atoms with Gasteiger partial charge in [0.1, 0.15) is 11.5 Å². The molecule has 8 heteroatoms. The van der Waals surface area contributed by atoms with Gasteiger partial charge in [-0.15, -0.1) is 10.2 Å². The molecule has 1 saturated carbocycles. The fourth-order valence-electron chi connectivity index (χ4n) is 3.99. The summed E-state index contributed by atoms with van der Waals surface area (Å²) in [5, 5.41) is 12.7. The minimum Gasteiger partial charge on any atom is -0.497 e. The molecule has 3 atom stereocenters. The van der Waals surface area contributed by atoms with Gasteiger partial charge in [0, 0.05) is 18.2 Å². The van der Waals surface area contributed by atoms with E-state index in [0.29, 0.717) is 17.4 Å². The van der Waals surface area contributed by atoms with Gasteiger partial charge in [-0.25, -0.2) is 0 Å². The van der Waals surface area contributed by atoms with Gasteiger partial charge in [-0.3, -0.25) is 4.79 Å². The SMILES string of the molecule is COc1cccc(OC(C)c2nnc(SCC(=O)NC3CCCCC3C)n2C(C)C)c1. The van der Waals surface area contributed by atoms with Crippen molar-refractivity contribution in [2.75, 3.05) is 12.9 Å². The van der Waals surface area contributed by atoms with Crippen molar-refractivity contribution in [2.24, 2.45) is 5.92 Å². The molecule has 3 rings (SSSR count). The molecule has 3 unspecified atom stereocenters. The van der Waals surface area contributed by atoms with Crippen LogP contribution in [0.2, 0.25) is 0 Å². The maximum Gasteiger partial charge on any atom is 0.230 e. The topological polar surface area (TPSA) is 78.3 Å². The van der Waals surface area contributed by atoms with E-state index in [1.54, 1.807) is 7.11 Å². The maximum absolute atomic E-state index is 12.5. The number of benzene rings is 1. The molecule has 1 heterocycles. The molecule has 1 aliphatic rings. The Labute approximate surface area is 189 Å². The summed E-state index contributed by atoms with van der Waals surface area (Å²) in [4.78, 5) is 12.5. The van der Waals surface area contributed by atoms with Gasteiger partial charge < -0.3 is 19.4 Å². The molecule has 7 nitrogen and oxygen atoms in total. The highest BCUT2D eigenvalue weighted by atomic mass is 32.2. The molecule has 0 spiro atoms. The Hall–Kier alpha value is -2.22. The van der Waals surface area contributed by atoms with Gasteiger partial charge in [0.05, 0.1) is 12.9 Å². The van der Waals surface area contributed by atoms with Crippen LogP contribution in [0.5, 0.6) is 11.5 Å². The van der Waals surface area contributed by atoms with Crippen molar-refractivity contribution >= 4 is 17.7 Å². The lowest BCUT2D eigenvalue weighted by atomic mass is 9.86. The van der Waals surface area contributed by atoms with Crippen molar-refractivity contribution in [3.05, 3.63) is 30.1 Å². The molecule has 1 amide bonds. The van der Waals surface area contributed by atoms with E-state index < -0.39 is 0 Å². The minimum absolute atomic E-state index is 0.0595. The van der Waals surface area contributed by atoms with Crippen LogP contribution < -0.4 is 14.8 Å². The Balaban J connectivity index is 1.64. The molecule has 1 fully saturated rings. The van der Waals surface area contributed by atoms with E-state index in [2.05, 4.69) is 36.3 Å². The predicted molar refractivity (Wildman–Crippen MR) is 123 cm³/mol. The summed E-state index contributed by atoms with van der Waals surface area (Å²) in [5.74, 6) is 3.12. The smallest absolute Gasteiger partial charge is 0.230 e. The first-order valence-corrected chi connectivity index (χ1v) is 12.0. The molecular weight excluding hydrogens is 412 g/mol. The van der Waals surface area contributed by atoms with Crippen LogP contribution in [-0.4, -0.2) is 39.6 Å². The fourth-order valence-corrected chi connectivity index (χ4v) is 4.88. The van der Waals surface area contributed by atoms with Crippen LogP contribution in [0.25, 0.3) is 0 Å². The van der Waals surface area contributed by atoms with E-state index in [0.717, 1.165) is 23.2 Å². The Kier molecular flexibility index (Phi) is 8.23. The van der Waals surface area contributed by atoms with Gasteiger partial charge in [0.15, 0.2) is 17.1 Å². The highest BCUT2D eigenvalue weighted by Crippen LogP contribution is 2.29. The predicted octanol–water partition coefficient (Wildman–Crippen LogP) is 4.79. The third-order valence-electron chi connectivity index (χ3n) is 5.72. The van der Waals surface area contributed by atoms with Crippen LogP contribution >= 0.6 is 11.8 Å². The Bertz CT molecular complexity index is 870. The molecule has 31 heavy (non-hydrogen) atoms. The van der Waals surface area contributed by atoms with E-state index in [-0.39, 0.29) is 24.1 Å². The van der Waals surface area contributed by atoms with Crippen LogP contribution in [0.3, 0.4) is 0 Å². The Morgan fingerprint density at radius 1 is 1.23 bits per heavy atom. The Morgan fingerprint density at radius 3 is 2.68 bits per heavy atom. The summed E-state index contributed by atoms with van der Waals surface area (Å²) in [6.45, 7) is 8.34. The van der Waals surface area contributed by atoms with Crippen LogP contribution in [0.4, 0.5) is 0 Å². The molecule has 0 saturated heterocycles. The third kappa shape index (κ3) is 6.15. The molecule has 170 valence electrons. The highest BCUT2D eigenvalue weighted by molar-refractivity contribution is 7.99. The molecule has 0 bridgehead atoms. The van der Waals surface area contributed by atoms with Crippen molar-refractivity contribution in [1.29, 1.82) is 0 Å². The third-order valence-corrected chi connectivity index (χ3v) is 6.66. The summed E-state index contributed by atoms with van der Waals surface area (Å²) in [5.41, 5.74) is 0. The number of hydrogen-bond donors (Lipinski definition) is 1. The Morgan fingerprint density at radius 2 is 1.97 bits per heavy atom. The summed E-state index contributed by atoms with van der Waals surface area (Å²) in [7, 11) is 1.63. The zero-order valence-corrected chi connectivity index (χ0v) is 19.9. The van der Waals surface area contributed by atoms with Gasteiger partial charge in [0.2, 0.25) is 5.91 Å². The summed E-state index contributed by atoms with van der Waals surface area (Å²) >= 11 is 1.43. The summed E-state index contributed by atoms with van der Waals surface area (Å²) in [6, 6.07) is 7.94. The highest BCUT2D eigenvalue weighted by Gasteiger charge is 2.25. The summed E-state index contributed by atoms with van der Waals surface area (Å²) in [6.07, 6.45) is 4.42. The van der Waals surface area contributed by atoms with Gasteiger partial charge >= 0.3 is 0 Å². The number of hydrogen-bond acceptors (Lipinski definition) is 6. The van der Waals surface area contributed by atoms with Gasteiger partial charge in [-0.05, 0) is 51.7 Å². The molecule has 1 aliphatic carbocycles. The van der Waals surface area contributed by atoms with Crippen molar-refractivity contribution < 1.29 is 14.3 Å². The second-order valence-electron chi connectivity index (χ2n) is 8.47. The number of carbonyl (C=O) groups is 1. The molecule has 1 aromatic heterocycles. The van der Waals surface area contributed by atoms with Gasteiger partial charge in [-0.1, -0.05) is 37.6 Å². The van der Waals surface area contributed by atoms with Gasteiger partial charge in [0.25, 0.3) is 0 Å². The zero-order chi connectivity index (χ0) is 22.4. The first-order chi connectivity index (χ1) is 14.9. The number of ether oxygens (including phenoxy) is 2. The van der Waals surface area contributed by atoms with Crippen LogP contribution in [-0.2, 0) is 4.79 Å². The number of methoxy groups -OCH3 is 1. The minimum atomic E-state index is -0.298. The van der Waals surface area contributed by atoms with E-state index in [4.69, 9.17) is 9.47 Å². The van der Waals surface area contributed by atoms with Crippen molar-refractivity contribution in [2.45, 2.75) is 76.7 Å². The number of carbonyl (C=O) groups excluding carboxylic acids is 1. The fraction of sp³-hybridized carbons (Fsp3) is 0.609. The second-order valence-corrected chi connectivity index (χ2v) is 9.41. The monoisotopic (exact) mass is 446 g/mol. The average molecular weight is 447 g/mol. The first-order valence-electron chi connectivity index (χ1n) is 11.1. The van der Waals surface area contributed by atoms with Crippen LogP contribution in [0.1, 0.15) is 71.3 Å². The quantitative estimate of drug-likeness (QED) is 0.558. The second kappa shape index (κ2) is 10.9. The number of aromatic nitrogens is 3. The number of nitrogens with zero attached hydrogens (tertiary/aromatic N) is 3. The van der Waals surface area contributed by atoms with E-state index >= 15 is 0 Å². The number of thioether (sulfide) groups is 1. The molecule has 2 aromatic rings. The molecule has 1 N–H and O–H groups in total. The van der Waals surface area contributed by atoms with E-state index in [1.807, 2.05) is 35.8 Å². The number of rotatable bonds is 9. The standard InChI is InChI=1S/C23H34N4O3S/c1-15(2)27-22(17(4)30-19-11-8-10-18(13-19)29-5)25-26-23(27)31-14-21(28)24-20-12-7-6-9-16(20)3/h8,10-11,13,15-17,20H,6-7,9,12,14H2,1-5H3,(H,24,28). The zero-order valence-electron chi connectivity index (χ0n) is 19.1. The largest absolute Gasteiger partial charge is 0.497 e. The normalized spacial score (nSPS) is 19.8. The lowest BCUT2D eigenvalue weighted by Gasteiger charge is -2.29. The van der Waals surface area contributed by atoms with Crippen molar-refractivity contribution in [3.8, 4) is 11.5 Å². The van der Waals surface area contributed by atoms with E-state index in [1.165, 1.54) is 31.0 Å². The lowest BCUT2D eigenvalue weighted by molar-refractivity contribution is -0.119. The lowest BCUT2D eigenvalue weighted by Crippen LogP contribution is -2.41. The molecule has 0 aliphatic heterocycles. The number of nitrogens with one attached hydrogen (secondary N) is 1. The van der Waals surface area contributed by atoms with Crippen molar-refractivity contribution in [1.82, 2.24) is 20.1 Å². The number of amides is 1. The van der Waals surface area contributed by atoms with Crippen molar-refractivity contribution in [3.63, 3.8) is 0 Å². The maximum atomic E-state index is 12.5.